The lowest BCUT2D eigenvalue weighted by atomic mass is 9.98. The van der Waals surface area contributed by atoms with Gasteiger partial charge in [0, 0.05) is 24.2 Å². The van der Waals surface area contributed by atoms with Crippen molar-refractivity contribution in [2.24, 2.45) is 5.73 Å². The van der Waals surface area contributed by atoms with Gasteiger partial charge in [-0.15, -0.1) is 0 Å². The van der Waals surface area contributed by atoms with Gasteiger partial charge in [0.25, 0.3) is 5.56 Å². The first kappa shape index (κ1) is 28.4. The highest BCUT2D eigenvalue weighted by molar-refractivity contribution is 5.80. The lowest BCUT2D eigenvalue weighted by Crippen LogP contribution is -2.27. The average molecular weight is 490 g/mol. The van der Waals surface area contributed by atoms with Gasteiger partial charge in [0.15, 0.2) is 0 Å². The molecule has 192 valence electrons. The number of aromatic amines is 1. The van der Waals surface area contributed by atoms with E-state index in [-0.39, 0.29) is 11.5 Å². The number of rotatable bonds is 13. The minimum atomic E-state index is -0.157. The van der Waals surface area contributed by atoms with Crippen LogP contribution in [0.15, 0.2) is 71.2 Å². The fourth-order valence-corrected chi connectivity index (χ4v) is 3.82. The number of hydrogen-bond acceptors (Lipinski definition) is 5. The molecule has 5 N–H and O–H groups in total. The summed E-state index contributed by atoms with van der Waals surface area (Å²) in [4.78, 5) is 24.5. The van der Waals surface area contributed by atoms with Crippen molar-refractivity contribution in [1.82, 2.24) is 15.5 Å². The molecule has 7 nitrogen and oxygen atoms in total. The smallest absolute Gasteiger partial charge is 0.268 e. The molecule has 1 aromatic heterocycles. The Balaban J connectivity index is 1.84. The fraction of sp³-hybridized carbons (Fsp3) is 0.345. The van der Waals surface area contributed by atoms with Gasteiger partial charge in [-0.3, -0.25) is 9.59 Å². The van der Waals surface area contributed by atoms with E-state index in [0.29, 0.717) is 31.7 Å². The number of nitrogens with zero attached hydrogens (tertiary/aromatic N) is 1. The molecule has 0 aliphatic rings. The van der Waals surface area contributed by atoms with Gasteiger partial charge in [0.2, 0.25) is 5.91 Å². The van der Waals surface area contributed by atoms with Crippen molar-refractivity contribution < 1.29 is 4.79 Å². The van der Waals surface area contributed by atoms with Crippen molar-refractivity contribution in [3.63, 3.8) is 0 Å². The summed E-state index contributed by atoms with van der Waals surface area (Å²) in [6, 6.07) is 7.98. The van der Waals surface area contributed by atoms with E-state index >= 15 is 0 Å². The number of benzene rings is 1. The normalized spacial score (nSPS) is 12.4. The highest BCUT2D eigenvalue weighted by Crippen LogP contribution is 2.22. The lowest BCUT2D eigenvalue weighted by Gasteiger charge is -2.11. The zero-order valence-electron chi connectivity index (χ0n) is 21.9. The van der Waals surface area contributed by atoms with Crippen LogP contribution in [0.2, 0.25) is 0 Å². The molecular weight excluding hydrogens is 450 g/mol. The van der Waals surface area contributed by atoms with E-state index in [1.54, 1.807) is 0 Å². The molecule has 0 unspecified atom stereocenters. The molecule has 0 bridgehead atoms. The van der Waals surface area contributed by atoms with E-state index in [0.717, 1.165) is 46.2 Å². The first-order chi connectivity index (χ1) is 17.4. The Morgan fingerprint density at radius 1 is 1.14 bits per heavy atom. The second kappa shape index (κ2) is 15.2. The maximum absolute atomic E-state index is 12.4. The van der Waals surface area contributed by atoms with Gasteiger partial charge in [-0.1, -0.05) is 55.5 Å². The van der Waals surface area contributed by atoms with E-state index in [2.05, 4.69) is 27.8 Å². The van der Waals surface area contributed by atoms with E-state index < -0.39 is 0 Å². The first-order valence-corrected chi connectivity index (χ1v) is 12.5. The predicted molar refractivity (Wildman–Crippen MR) is 150 cm³/mol. The van der Waals surface area contributed by atoms with Crippen molar-refractivity contribution in [2.45, 2.75) is 53.4 Å². The van der Waals surface area contributed by atoms with E-state index in [9.17, 15) is 9.59 Å². The SMILES string of the molecule is C\C=C/C(C)=C(\C=C\N)c1ccc(CC(=O)NCCCNc2n[nH]c(=O)c(C/C=C\CC)c2C)cc1. The summed E-state index contributed by atoms with van der Waals surface area (Å²) >= 11 is 0. The van der Waals surface area contributed by atoms with Crippen LogP contribution >= 0.6 is 0 Å². The van der Waals surface area contributed by atoms with E-state index in [1.807, 2.05) is 75.4 Å². The predicted octanol–water partition coefficient (Wildman–Crippen LogP) is 4.57. The summed E-state index contributed by atoms with van der Waals surface area (Å²) in [5.74, 6) is 0.650. The minimum Gasteiger partial charge on any atom is -0.405 e. The number of nitrogens with one attached hydrogen (secondary N) is 3. The molecule has 0 radical (unpaired) electrons. The molecule has 0 aliphatic carbocycles. The summed E-state index contributed by atoms with van der Waals surface area (Å²) in [6.07, 6.45) is 14.1. The molecular formula is C29H39N5O2. The molecule has 2 aromatic rings. The molecule has 0 spiro atoms. The van der Waals surface area contributed by atoms with Crippen molar-refractivity contribution in [1.29, 1.82) is 0 Å². The highest BCUT2D eigenvalue weighted by Gasteiger charge is 2.09. The van der Waals surface area contributed by atoms with Gasteiger partial charge in [-0.2, -0.15) is 5.10 Å². The quantitative estimate of drug-likeness (QED) is 0.187. The van der Waals surface area contributed by atoms with Crippen molar-refractivity contribution in [2.75, 3.05) is 18.4 Å². The molecule has 1 heterocycles. The first-order valence-electron chi connectivity index (χ1n) is 12.5. The van der Waals surface area contributed by atoms with Crippen LogP contribution in [0.5, 0.6) is 0 Å². The molecule has 0 atom stereocenters. The maximum Gasteiger partial charge on any atom is 0.268 e. The Hall–Kier alpha value is -3.87. The molecule has 0 aliphatic heterocycles. The molecule has 2 rings (SSSR count). The molecule has 36 heavy (non-hydrogen) atoms. The molecule has 1 amide bonds. The molecule has 0 saturated heterocycles. The Morgan fingerprint density at radius 3 is 2.56 bits per heavy atom. The maximum atomic E-state index is 12.4. The standard InChI is InChI=1S/C29H39N5O2/c1-5-7-8-11-26-22(4)28(33-34-29(26)36)32-19-9-18-31-27(35)20-23-12-14-24(15-13-23)25(16-17-30)21(3)10-6-2/h6-8,10,12-17H,5,9,11,18-20,30H2,1-4H3,(H,31,35)(H,32,33)(H,34,36)/b8-7-,10-6-,17-16+,25-21+. The van der Waals surface area contributed by atoms with Crippen molar-refractivity contribution in [3.8, 4) is 0 Å². The van der Waals surface area contributed by atoms with Crippen LogP contribution in [-0.2, 0) is 17.6 Å². The van der Waals surface area contributed by atoms with Crippen molar-refractivity contribution in [3.05, 3.63) is 99.0 Å². The van der Waals surface area contributed by atoms with Gasteiger partial charge in [0.05, 0.1) is 6.42 Å². The topological polar surface area (TPSA) is 113 Å². The fourth-order valence-electron chi connectivity index (χ4n) is 3.82. The highest BCUT2D eigenvalue weighted by atomic mass is 16.1. The number of hydrogen-bond donors (Lipinski definition) is 4. The third kappa shape index (κ3) is 8.73. The van der Waals surface area contributed by atoms with E-state index in [1.165, 1.54) is 6.20 Å². The Morgan fingerprint density at radius 2 is 1.89 bits per heavy atom. The van der Waals surface area contributed by atoms with Gasteiger partial charge in [-0.25, -0.2) is 5.10 Å². The number of H-pyrrole nitrogens is 1. The second-order valence-electron chi connectivity index (χ2n) is 8.55. The van der Waals surface area contributed by atoms with Crippen LogP contribution in [0.1, 0.15) is 55.9 Å². The van der Waals surface area contributed by atoms with Gasteiger partial charge in [-0.05, 0) is 74.6 Å². The summed E-state index contributed by atoms with van der Waals surface area (Å²) in [5.41, 5.74) is 11.2. The number of carbonyl (C=O) groups excluding carboxylic acids is 1. The third-order valence-electron chi connectivity index (χ3n) is 5.78. The zero-order valence-corrected chi connectivity index (χ0v) is 21.9. The number of anilines is 1. The third-order valence-corrected chi connectivity index (χ3v) is 5.78. The number of amides is 1. The summed E-state index contributed by atoms with van der Waals surface area (Å²) in [6.45, 7) is 9.17. The van der Waals surface area contributed by atoms with Crippen LogP contribution in [0.4, 0.5) is 5.82 Å². The summed E-state index contributed by atoms with van der Waals surface area (Å²) in [5, 5.41) is 12.9. The lowest BCUT2D eigenvalue weighted by molar-refractivity contribution is -0.120. The summed E-state index contributed by atoms with van der Waals surface area (Å²) < 4.78 is 0. The largest absolute Gasteiger partial charge is 0.405 e. The Labute approximate surface area is 214 Å². The van der Waals surface area contributed by atoms with Crippen molar-refractivity contribution >= 4 is 17.3 Å². The Bertz CT molecular complexity index is 1170. The van der Waals surface area contributed by atoms with Gasteiger partial charge >= 0.3 is 0 Å². The van der Waals surface area contributed by atoms with Crippen LogP contribution in [-0.4, -0.2) is 29.2 Å². The number of nitrogens with two attached hydrogens (primary N) is 1. The summed E-state index contributed by atoms with van der Waals surface area (Å²) in [7, 11) is 0. The average Bonchev–Trinajstić information content (AvgIpc) is 2.86. The van der Waals surface area contributed by atoms with Crippen LogP contribution in [0.25, 0.3) is 5.57 Å². The van der Waals surface area contributed by atoms with Gasteiger partial charge < -0.3 is 16.4 Å². The van der Waals surface area contributed by atoms with Crippen LogP contribution in [0.3, 0.4) is 0 Å². The minimum absolute atomic E-state index is 0.0196. The van der Waals surface area contributed by atoms with Crippen LogP contribution < -0.4 is 21.9 Å². The van der Waals surface area contributed by atoms with Gasteiger partial charge in [0.1, 0.15) is 5.82 Å². The van der Waals surface area contributed by atoms with E-state index in [4.69, 9.17) is 5.73 Å². The molecule has 7 heteroatoms. The number of carbonyl (C=O) groups is 1. The zero-order chi connectivity index (χ0) is 26.3. The van der Waals surface area contributed by atoms with Crippen LogP contribution in [0, 0.1) is 6.92 Å². The number of aromatic nitrogens is 2. The number of allylic oxidation sites excluding steroid dienone is 7. The molecule has 0 saturated carbocycles. The second-order valence-corrected chi connectivity index (χ2v) is 8.55. The Kier molecular flexibility index (Phi) is 12.0. The monoisotopic (exact) mass is 489 g/mol. The molecule has 1 aromatic carbocycles. The molecule has 0 fully saturated rings.